The highest BCUT2D eigenvalue weighted by Crippen LogP contribution is 2.42. The maximum Gasteiger partial charge on any atom is 0.253 e. The van der Waals surface area contributed by atoms with Gasteiger partial charge in [-0.2, -0.15) is 4.31 Å². The molecule has 2 fully saturated rings. The summed E-state index contributed by atoms with van der Waals surface area (Å²) >= 11 is 0. The van der Waals surface area contributed by atoms with Gasteiger partial charge < -0.3 is 14.5 Å². The fourth-order valence-corrected chi connectivity index (χ4v) is 8.90. The topological polar surface area (TPSA) is 87.2 Å². The number of halogens is 1. The molecule has 232 valence electrons. The van der Waals surface area contributed by atoms with E-state index in [0.29, 0.717) is 79.3 Å². The number of likely N-dealkylation sites (tertiary alicyclic amines) is 2. The van der Waals surface area contributed by atoms with Gasteiger partial charge in [-0.05, 0) is 104 Å². The number of carbonyl (C=O) groups excluding carboxylic acids is 2. The zero-order valence-corrected chi connectivity index (χ0v) is 26.3. The van der Waals surface area contributed by atoms with Gasteiger partial charge in [0.1, 0.15) is 11.6 Å². The highest BCUT2D eigenvalue weighted by molar-refractivity contribution is 7.89. The summed E-state index contributed by atoms with van der Waals surface area (Å²) < 4.78 is 47.6. The molecule has 10 heteroatoms. The molecule has 2 amide bonds. The summed E-state index contributed by atoms with van der Waals surface area (Å²) in [5.41, 5.74) is 4.14. The first-order chi connectivity index (χ1) is 21.0. The average molecular weight is 620 g/mol. The molecule has 3 aliphatic heterocycles. The second kappa shape index (κ2) is 11.6. The minimum Gasteiger partial charge on any atom is -0.497 e. The molecule has 0 atom stereocenters. The number of fused-ring (bicyclic) bond motifs is 1. The van der Waals surface area contributed by atoms with Crippen LogP contribution in [0.4, 0.5) is 4.39 Å². The third-order valence-corrected chi connectivity index (χ3v) is 11.7. The van der Waals surface area contributed by atoms with Crippen molar-refractivity contribution in [3.8, 4) is 5.75 Å². The van der Waals surface area contributed by atoms with Crippen molar-refractivity contribution >= 4 is 21.8 Å². The first kappa shape index (κ1) is 30.3. The standard InChI is InChI=1S/C34H38FN3O5S/c1-23-18-30(43-3)19-24(2)31(23)44(41,42)38-14-10-26-6-7-27(20-28(26)22-38)32(39)36-15-11-34(12-16-36)13-17-37(33(34)40)21-25-4-8-29(35)9-5-25/h4-9,18-20H,10-17,21-22H2,1-3H3. The van der Waals surface area contributed by atoms with Gasteiger partial charge in [0.15, 0.2) is 0 Å². The van der Waals surface area contributed by atoms with Crippen LogP contribution in [0.25, 0.3) is 0 Å². The lowest BCUT2D eigenvalue weighted by atomic mass is 9.77. The molecule has 0 saturated carbocycles. The van der Waals surface area contributed by atoms with Crippen molar-refractivity contribution in [3.63, 3.8) is 0 Å². The average Bonchev–Trinajstić information content (AvgIpc) is 3.30. The summed E-state index contributed by atoms with van der Waals surface area (Å²) in [6, 6.07) is 15.3. The number of nitrogens with zero attached hydrogens (tertiary/aromatic N) is 3. The van der Waals surface area contributed by atoms with Crippen LogP contribution in [-0.2, 0) is 34.3 Å². The van der Waals surface area contributed by atoms with Crippen molar-refractivity contribution < 1.29 is 27.1 Å². The lowest BCUT2D eigenvalue weighted by molar-refractivity contribution is -0.138. The Morgan fingerprint density at radius 2 is 1.57 bits per heavy atom. The molecule has 2 saturated heterocycles. The number of aryl methyl sites for hydroxylation is 2. The summed E-state index contributed by atoms with van der Waals surface area (Å²) in [5.74, 6) is 0.341. The van der Waals surface area contributed by atoms with E-state index in [2.05, 4.69) is 0 Å². The molecule has 0 aromatic heterocycles. The van der Waals surface area contributed by atoms with E-state index in [9.17, 15) is 22.4 Å². The van der Waals surface area contributed by atoms with Crippen LogP contribution in [0.3, 0.4) is 0 Å². The van der Waals surface area contributed by atoms with Crippen LogP contribution in [0.2, 0.25) is 0 Å². The fraction of sp³-hybridized carbons (Fsp3) is 0.412. The molecule has 0 N–H and O–H groups in total. The second-order valence-corrected chi connectivity index (χ2v) is 14.2. The van der Waals surface area contributed by atoms with E-state index < -0.39 is 15.4 Å². The Bertz CT molecular complexity index is 1690. The summed E-state index contributed by atoms with van der Waals surface area (Å²) in [5, 5.41) is 0. The Balaban J connectivity index is 1.12. The summed E-state index contributed by atoms with van der Waals surface area (Å²) in [4.78, 5) is 31.0. The van der Waals surface area contributed by atoms with E-state index in [4.69, 9.17) is 4.74 Å². The minimum absolute atomic E-state index is 0.0990. The van der Waals surface area contributed by atoms with Crippen molar-refractivity contribution in [3.05, 3.63) is 93.8 Å². The van der Waals surface area contributed by atoms with Crippen LogP contribution in [0, 0.1) is 25.1 Å². The molecule has 8 nitrogen and oxygen atoms in total. The monoisotopic (exact) mass is 619 g/mol. The fourth-order valence-electron chi connectivity index (χ4n) is 7.07. The number of amides is 2. The van der Waals surface area contributed by atoms with Gasteiger partial charge in [-0.1, -0.05) is 18.2 Å². The normalized spacial score (nSPS) is 18.5. The quantitative estimate of drug-likeness (QED) is 0.394. The van der Waals surface area contributed by atoms with Crippen molar-refractivity contribution in [1.29, 1.82) is 0 Å². The van der Waals surface area contributed by atoms with E-state index in [1.807, 2.05) is 28.0 Å². The number of methoxy groups -OCH3 is 1. The minimum atomic E-state index is -3.76. The molecule has 44 heavy (non-hydrogen) atoms. The maximum absolute atomic E-state index is 13.8. The molecule has 0 aliphatic carbocycles. The number of hydrogen-bond acceptors (Lipinski definition) is 5. The van der Waals surface area contributed by atoms with E-state index >= 15 is 0 Å². The van der Waals surface area contributed by atoms with Gasteiger partial charge in [0.2, 0.25) is 15.9 Å². The molecule has 6 rings (SSSR count). The smallest absolute Gasteiger partial charge is 0.253 e. The van der Waals surface area contributed by atoms with Gasteiger partial charge >= 0.3 is 0 Å². The molecule has 3 heterocycles. The number of hydrogen-bond donors (Lipinski definition) is 0. The Labute approximate surface area is 258 Å². The van der Waals surface area contributed by atoms with Crippen molar-refractivity contribution in [1.82, 2.24) is 14.1 Å². The van der Waals surface area contributed by atoms with Gasteiger partial charge in [-0.15, -0.1) is 0 Å². The summed E-state index contributed by atoms with van der Waals surface area (Å²) in [6.07, 6.45) is 2.54. The second-order valence-electron chi connectivity index (χ2n) is 12.3. The van der Waals surface area contributed by atoms with Crippen molar-refractivity contribution in [2.45, 2.75) is 57.5 Å². The lowest BCUT2D eigenvalue weighted by Crippen LogP contribution is -2.46. The molecular formula is C34H38FN3O5S. The molecule has 3 aliphatic rings. The highest BCUT2D eigenvalue weighted by atomic mass is 32.2. The number of sulfonamides is 1. The van der Waals surface area contributed by atoms with Crippen molar-refractivity contribution in [2.75, 3.05) is 33.3 Å². The molecule has 0 unspecified atom stereocenters. The predicted molar refractivity (Wildman–Crippen MR) is 164 cm³/mol. The molecule has 3 aromatic rings. The molecule has 0 radical (unpaired) electrons. The molecular weight excluding hydrogens is 581 g/mol. The van der Waals surface area contributed by atoms with Crippen LogP contribution in [0.1, 0.15) is 57.4 Å². The number of benzene rings is 3. The largest absolute Gasteiger partial charge is 0.497 e. The lowest BCUT2D eigenvalue weighted by Gasteiger charge is -2.38. The Morgan fingerprint density at radius 3 is 2.23 bits per heavy atom. The summed E-state index contributed by atoms with van der Waals surface area (Å²) in [6.45, 7) is 6.22. The van der Waals surface area contributed by atoms with Gasteiger partial charge in [0.05, 0.1) is 17.4 Å². The molecule has 1 spiro atoms. The zero-order valence-electron chi connectivity index (χ0n) is 25.4. The van der Waals surface area contributed by atoms with Crippen LogP contribution in [-0.4, -0.2) is 67.6 Å². The van der Waals surface area contributed by atoms with Gasteiger partial charge in [0, 0.05) is 44.8 Å². The first-order valence-electron chi connectivity index (χ1n) is 15.1. The van der Waals surface area contributed by atoms with Gasteiger partial charge in [-0.3, -0.25) is 9.59 Å². The molecule has 3 aromatic carbocycles. The van der Waals surface area contributed by atoms with Crippen LogP contribution >= 0.6 is 0 Å². The van der Waals surface area contributed by atoms with E-state index in [1.54, 1.807) is 45.2 Å². The molecule has 0 bridgehead atoms. The number of ether oxygens (including phenoxy) is 1. The number of carbonyl (C=O) groups is 2. The third-order valence-electron chi connectivity index (χ3n) is 9.59. The van der Waals surface area contributed by atoms with E-state index in [0.717, 1.165) is 23.1 Å². The van der Waals surface area contributed by atoms with Gasteiger partial charge in [-0.25, -0.2) is 12.8 Å². The SMILES string of the molecule is COc1cc(C)c(S(=O)(=O)N2CCc3ccc(C(=O)N4CCC5(CC4)CCN(Cc4ccc(F)cc4)C5=O)cc3C2)c(C)c1. The van der Waals surface area contributed by atoms with Crippen LogP contribution < -0.4 is 4.74 Å². The Morgan fingerprint density at radius 1 is 0.909 bits per heavy atom. The van der Waals surface area contributed by atoms with E-state index in [1.165, 1.54) is 16.4 Å². The van der Waals surface area contributed by atoms with Crippen LogP contribution in [0.5, 0.6) is 5.75 Å². The predicted octanol–water partition coefficient (Wildman–Crippen LogP) is 4.85. The van der Waals surface area contributed by atoms with Crippen LogP contribution in [0.15, 0.2) is 59.5 Å². The Kier molecular flexibility index (Phi) is 8.00. The highest BCUT2D eigenvalue weighted by Gasteiger charge is 2.48. The number of rotatable bonds is 6. The van der Waals surface area contributed by atoms with Gasteiger partial charge in [0.25, 0.3) is 5.91 Å². The summed E-state index contributed by atoms with van der Waals surface area (Å²) in [7, 11) is -2.20. The Hall–Kier alpha value is -3.76. The maximum atomic E-state index is 13.8. The zero-order chi connectivity index (χ0) is 31.2. The number of piperidine rings is 1. The first-order valence-corrected chi connectivity index (χ1v) is 16.5. The third kappa shape index (κ3) is 5.49. The van der Waals surface area contributed by atoms with Crippen molar-refractivity contribution in [2.24, 2.45) is 5.41 Å². The van der Waals surface area contributed by atoms with E-state index in [-0.39, 0.29) is 24.2 Å².